The van der Waals surface area contributed by atoms with Crippen LogP contribution in [0.3, 0.4) is 0 Å². The number of carbonyl (C=O) groups is 1. The fraction of sp³-hybridized carbons (Fsp3) is 0.400. The highest BCUT2D eigenvalue weighted by Gasteiger charge is 2.19. The van der Waals surface area contributed by atoms with E-state index in [2.05, 4.69) is 43.1 Å². The summed E-state index contributed by atoms with van der Waals surface area (Å²) in [6.07, 6.45) is 3.40. The Hall–Kier alpha value is -2.80. The zero-order chi connectivity index (χ0) is 22.7. The molecule has 2 aromatic carbocycles. The van der Waals surface area contributed by atoms with E-state index in [1.165, 1.54) is 23.7 Å². The van der Waals surface area contributed by atoms with Crippen molar-refractivity contribution in [3.63, 3.8) is 0 Å². The first-order valence-electron chi connectivity index (χ1n) is 11.2. The van der Waals surface area contributed by atoms with Crippen molar-refractivity contribution in [2.24, 2.45) is 0 Å². The molecule has 6 nitrogen and oxygen atoms in total. The molecule has 1 aromatic heterocycles. The molecule has 0 aliphatic carbocycles. The predicted octanol–water partition coefficient (Wildman–Crippen LogP) is 4.87. The topological polar surface area (TPSA) is 77.0 Å². The number of nitrogens with two attached hydrogens (primary N) is 1. The number of hydrogen-bond acceptors (Lipinski definition) is 5. The average molecular weight is 450 g/mol. The minimum atomic E-state index is 0.0971. The minimum Gasteiger partial charge on any atom is -0.339 e. The molecule has 7 heteroatoms. The number of thioether (sulfide) groups is 1. The van der Waals surface area contributed by atoms with Crippen LogP contribution in [0.25, 0.3) is 11.4 Å². The van der Waals surface area contributed by atoms with Gasteiger partial charge >= 0.3 is 0 Å². The smallest absolute Gasteiger partial charge is 0.253 e. The van der Waals surface area contributed by atoms with E-state index < -0.39 is 0 Å². The zero-order valence-corrected chi connectivity index (χ0v) is 19.9. The number of hydrogen-bond donors (Lipinski definition) is 1. The molecule has 2 N–H and O–H groups in total. The molecule has 4 rings (SSSR count). The van der Waals surface area contributed by atoms with Crippen LogP contribution in [0.1, 0.15) is 61.5 Å². The fourth-order valence-electron chi connectivity index (χ4n) is 3.91. The number of aromatic nitrogens is 3. The van der Waals surface area contributed by atoms with Gasteiger partial charge in [-0.15, -0.1) is 10.2 Å². The highest BCUT2D eigenvalue weighted by atomic mass is 32.2. The van der Waals surface area contributed by atoms with Crippen molar-refractivity contribution in [1.82, 2.24) is 19.8 Å². The molecule has 0 atom stereocenters. The molecular formula is C25H31N5OS. The van der Waals surface area contributed by atoms with Crippen LogP contribution in [0.15, 0.2) is 53.7 Å². The van der Waals surface area contributed by atoms with Crippen molar-refractivity contribution < 1.29 is 4.79 Å². The van der Waals surface area contributed by atoms with E-state index in [1.54, 1.807) is 4.68 Å². The number of carbonyl (C=O) groups excluding carboxylic acids is 1. The van der Waals surface area contributed by atoms with Gasteiger partial charge in [-0.05, 0) is 47.9 Å². The molecule has 32 heavy (non-hydrogen) atoms. The molecular weight excluding hydrogens is 418 g/mol. The maximum Gasteiger partial charge on any atom is 0.253 e. The molecule has 3 aromatic rings. The van der Waals surface area contributed by atoms with E-state index in [0.29, 0.717) is 16.7 Å². The van der Waals surface area contributed by atoms with E-state index in [-0.39, 0.29) is 11.3 Å². The number of likely N-dealkylation sites (tertiary alicyclic amines) is 1. The Labute approximate surface area is 194 Å². The van der Waals surface area contributed by atoms with Crippen LogP contribution in [0, 0.1) is 0 Å². The summed E-state index contributed by atoms with van der Waals surface area (Å²) in [7, 11) is 0. The van der Waals surface area contributed by atoms with Gasteiger partial charge in [0.1, 0.15) is 0 Å². The SMILES string of the molecule is CC(C)(C)c1ccc(-c2nnc(SCc3cccc(C(=O)N4CCCCC4)c3)n2N)cc1. The van der Waals surface area contributed by atoms with Gasteiger partial charge in [-0.1, -0.05) is 68.9 Å². The van der Waals surface area contributed by atoms with E-state index >= 15 is 0 Å². The zero-order valence-electron chi connectivity index (χ0n) is 19.0. The summed E-state index contributed by atoms with van der Waals surface area (Å²) in [4.78, 5) is 14.8. The monoisotopic (exact) mass is 449 g/mol. The first-order chi connectivity index (χ1) is 15.3. The third-order valence-corrected chi connectivity index (χ3v) is 6.87. The fourth-order valence-corrected chi connectivity index (χ4v) is 4.71. The van der Waals surface area contributed by atoms with Crippen LogP contribution in [0.2, 0.25) is 0 Å². The lowest BCUT2D eigenvalue weighted by atomic mass is 9.87. The molecule has 1 fully saturated rings. The van der Waals surface area contributed by atoms with Gasteiger partial charge < -0.3 is 10.7 Å². The van der Waals surface area contributed by atoms with Crippen molar-refractivity contribution in [2.75, 3.05) is 18.9 Å². The van der Waals surface area contributed by atoms with Crippen molar-refractivity contribution in [3.8, 4) is 11.4 Å². The van der Waals surface area contributed by atoms with Gasteiger partial charge in [0, 0.05) is 30.0 Å². The lowest BCUT2D eigenvalue weighted by Gasteiger charge is -2.26. The molecule has 0 bridgehead atoms. The van der Waals surface area contributed by atoms with Gasteiger partial charge in [0.05, 0.1) is 0 Å². The normalized spacial score (nSPS) is 14.5. The standard InChI is InChI=1S/C25H31N5OS/c1-25(2,3)21-12-10-19(11-13-21)22-27-28-24(30(22)26)32-17-18-8-7-9-20(16-18)23(31)29-14-5-4-6-15-29/h7-13,16H,4-6,14-15,17,26H2,1-3H3. The lowest BCUT2D eigenvalue weighted by Crippen LogP contribution is -2.35. The summed E-state index contributed by atoms with van der Waals surface area (Å²) in [5, 5.41) is 9.23. The van der Waals surface area contributed by atoms with Crippen LogP contribution < -0.4 is 5.84 Å². The van der Waals surface area contributed by atoms with Crippen LogP contribution in [-0.2, 0) is 11.2 Å². The van der Waals surface area contributed by atoms with Crippen LogP contribution in [0.5, 0.6) is 0 Å². The summed E-state index contributed by atoms with van der Waals surface area (Å²) in [5.41, 5.74) is 4.11. The van der Waals surface area contributed by atoms with E-state index in [0.717, 1.165) is 42.6 Å². The largest absolute Gasteiger partial charge is 0.339 e. The molecule has 2 heterocycles. The van der Waals surface area contributed by atoms with E-state index in [1.807, 2.05) is 41.3 Å². The van der Waals surface area contributed by atoms with Gasteiger partial charge in [0.2, 0.25) is 5.16 Å². The second kappa shape index (κ2) is 9.36. The molecule has 1 aliphatic rings. The van der Waals surface area contributed by atoms with Crippen LogP contribution in [-0.4, -0.2) is 38.8 Å². The Bertz CT molecular complexity index is 1080. The second-order valence-electron chi connectivity index (χ2n) is 9.35. The molecule has 0 saturated carbocycles. The third kappa shape index (κ3) is 4.99. The van der Waals surface area contributed by atoms with E-state index in [4.69, 9.17) is 5.84 Å². The Morgan fingerprint density at radius 3 is 2.44 bits per heavy atom. The first-order valence-corrected chi connectivity index (χ1v) is 12.1. The molecule has 168 valence electrons. The summed E-state index contributed by atoms with van der Waals surface area (Å²) in [5.74, 6) is 7.74. The summed E-state index contributed by atoms with van der Waals surface area (Å²) < 4.78 is 1.54. The summed E-state index contributed by atoms with van der Waals surface area (Å²) in [6.45, 7) is 8.28. The highest BCUT2D eigenvalue weighted by Crippen LogP contribution is 2.28. The second-order valence-corrected chi connectivity index (χ2v) is 10.3. The number of nitrogens with zero attached hydrogens (tertiary/aromatic N) is 4. The number of amides is 1. The summed E-state index contributed by atoms with van der Waals surface area (Å²) >= 11 is 1.52. The van der Waals surface area contributed by atoms with Crippen LogP contribution in [0.4, 0.5) is 0 Å². The van der Waals surface area contributed by atoms with Crippen molar-refractivity contribution in [1.29, 1.82) is 0 Å². The van der Waals surface area contributed by atoms with Gasteiger partial charge in [-0.25, -0.2) is 4.68 Å². The number of piperidine rings is 1. The van der Waals surface area contributed by atoms with Gasteiger partial charge in [0.15, 0.2) is 5.82 Å². The molecule has 1 amide bonds. The molecule has 0 unspecified atom stereocenters. The highest BCUT2D eigenvalue weighted by molar-refractivity contribution is 7.98. The third-order valence-electron chi connectivity index (χ3n) is 5.86. The lowest BCUT2D eigenvalue weighted by molar-refractivity contribution is 0.0724. The van der Waals surface area contributed by atoms with Crippen molar-refractivity contribution >= 4 is 17.7 Å². The van der Waals surface area contributed by atoms with E-state index in [9.17, 15) is 4.79 Å². The first kappa shape index (κ1) is 22.4. The van der Waals surface area contributed by atoms with Gasteiger partial charge in [0.25, 0.3) is 5.91 Å². The quantitative estimate of drug-likeness (QED) is 0.444. The van der Waals surface area contributed by atoms with Crippen molar-refractivity contribution in [2.45, 2.75) is 56.4 Å². The molecule has 0 radical (unpaired) electrons. The Balaban J connectivity index is 1.44. The number of benzene rings is 2. The van der Waals surface area contributed by atoms with Crippen molar-refractivity contribution in [3.05, 3.63) is 65.2 Å². The maximum atomic E-state index is 12.8. The number of rotatable bonds is 5. The van der Waals surface area contributed by atoms with Gasteiger partial charge in [-0.2, -0.15) is 0 Å². The Morgan fingerprint density at radius 2 is 1.75 bits per heavy atom. The average Bonchev–Trinajstić information content (AvgIpc) is 3.17. The minimum absolute atomic E-state index is 0.0971. The Morgan fingerprint density at radius 1 is 1.03 bits per heavy atom. The Kier molecular flexibility index (Phi) is 6.55. The molecule has 1 saturated heterocycles. The molecule has 0 spiro atoms. The predicted molar refractivity (Wildman–Crippen MR) is 130 cm³/mol. The summed E-state index contributed by atoms with van der Waals surface area (Å²) in [6, 6.07) is 16.2. The molecule has 1 aliphatic heterocycles. The van der Waals surface area contributed by atoms with Crippen LogP contribution >= 0.6 is 11.8 Å². The number of nitrogen functional groups attached to an aromatic ring is 1. The van der Waals surface area contributed by atoms with Gasteiger partial charge in [-0.3, -0.25) is 4.79 Å². The maximum absolute atomic E-state index is 12.8.